The van der Waals surface area contributed by atoms with E-state index in [4.69, 9.17) is 20.4 Å². The van der Waals surface area contributed by atoms with Crippen molar-refractivity contribution >= 4 is 12.2 Å². The topological polar surface area (TPSA) is 78.7 Å². The summed E-state index contributed by atoms with van der Waals surface area (Å²) in [5.41, 5.74) is 0. The van der Waals surface area contributed by atoms with E-state index in [-0.39, 0.29) is 31.0 Å². The van der Waals surface area contributed by atoms with Crippen LogP contribution in [0, 0.1) is 0 Å². The molecule has 0 unspecified atom stereocenters. The maximum absolute atomic E-state index is 8.24. The Morgan fingerprint density at radius 2 is 1.14 bits per heavy atom. The Morgan fingerprint density at radius 1 is 1.14 bits per heavy atom. The zero-order valence-electron chi connectivity index (χ0n) is 4.71. The summed E-state index contributed by atoms with van der Waals surface area (Å²) in [6.45, 7) is 0. The molecule has 0 aromatic carbocycles. The minimum absolute atomic E-state index is 0. The summed E-state index contributed by atoms with van der Waals surface area (Å²) in [6, 6.07) is 0. The molecule has 0 spiro atoms. The van der Waals surface area contributed by atoms with E-state index in [1.807, 2.05) is 0 Å². The number of hydrogen-bond acceptors (Lipinski definition) is 2. The molecule has 0 N–H and O–H groups in total. The molecule has 0 radical (unpaired) electrons. The summed E-state index contributed by atoms with van der Waals surface area (Å²) in [5.74, 6) is 0. The van der Waals surface area contributed by atoms with Crippen LogP contribution in [-0.4, -0.2) is 12.2 Å². The minimum atomic E-state index is 0. The number of rotatable bonds is 0. The normalized spacial score (nSPS) is 2.29. The first-order valence-corrected chi connectivity index (χ1v) is 0.855. The van der Waals surface area contributed by atoms with Gasteiger partial charge in [0.1, 0.15) is 0 Å². The molecule has 0 aliphatic carbocycles. The van der Waals surface area contributed by atoms with E-state index in [2.05, 4.69) is 0 Å². The Hall–Kier alpha value is -0.240. The molecule has 0 aliphatic rings. The molecule has 0 saturated carbocycles. The third-order valence-corrected chi connectivity index (χ3v) is 0. The molecule has 4 nitrogen and oxygen atoms in total. The monoisotopic (exact) mass is 108 g/mol. The molecule has 0 saturated heterocycles. The van der Waals surface area contributed by atoms with Crippen LogP contribution in [0.15, 0.2) is 0 Å². The molecule has 0 atom stereocenters. The van der Waals surface area contributed by atoms with Gasteiger partial charge in [-0.1, -0.05) is 0 Å². The second-order valence-corrected chi connectivity index (χ2v) is 0.183. The fourth-order valence-electron chi connectivity index (χ4n) is 0. The van der Waals surface area contributed by atoms with Gasteiger partial charge >= 0.3 is 31.0 Å². The Bertz CT molecular complexity index is 72.0. The van der Waals surface area contributed by atoms with Crippen molar-refractivity contribution in [3.63, 3.8) is 0 Å². The predicted octanol–water partition coefficient (Wildman–Crippen LogP) is -3.10. The molecular formula is C2HN2NaO2. The van der Waals surface area contributed by atoms with Crippen molar-refractivity contribution in [1.82, 2.24) is 0 Å². The summed E-state index contributed by atoms with van der Waals surface area (Å²) in [6.07, 6.45) is 1.00. The Kier molecular flexibility index (Phi) is 95.5. The van der Waals surface area contributed by atoms with Gasteiger partial charge in [0.25, 0.3) is 0 Å². The van der Waals surface area contributed by atoms with E-state index in [9.17, 15) is 0 Å². The second-order valence-electron chi connectivity index (χ2n) is 0.183. The van der Waals surface area contributed by atoms with Gasteiger partial charge in [-0.05, 0) is 12.2 Å². The van der Waals surface area contributed by atoms with Crippen molar-refractivity contribution in [3.05, 3.63) is 10.8 Å². The first-order chi connectivity index (χ1) is 2.83. The maximum atomic E-state index is 8.24. The fourth-order valence-corrected chi connectivity index (χ4v) is 0. The molecule has 0 rings (SSSR count). The first kappa shape index (κ1) is 15.9. The number of isocyanates is 2. The summed E-state index contributed by atoms with van der Waals surface area (Å²) in [5, 5.41) is 13.5. The third kappa shape index (κ3) is 1410. The summed E-state index contributed by atoms with van der Waals surface area (Å²) < 4.78 is 0. The summed E-state index contributed by atoms with van der Waals surface area (Å²) >= 11 is 0. The third-order valence-electron chi connectivity index (χ3n) is 0. The van der Waals surface area contributed by atoms with Crippen LogP contribution in [-0.2, 0) is 9.59 Å². The average molecular weight is 108 g/mol. The van der Waals surface area contributed by atoms with Gasteiger partial charge in [-0.3, -0.25) is 9.59 Å². The van der Waals surface area contributed by atoms with Crippen molar-refractivity contribution in [2.45, 2.75) is 0 Å². The van der Waals surface area contributed by atoms with E-state index >= 15 is 0 Å². The van der Waals surface area contributed by atoms with E-state index in [0.717, 1.165) is 0 Å². The second kappa shape index (κ2) is 42.1. The van der Waals surface area contributed by atoms with E-state index < -0.39 is 0 Å². The van der Waals surface area contributed by atoms with Crippen molar-refractivity contribution < 1.29 is 40.6 Å². The predicted molar refractivity (Wildman–Crippen MR) is 19.2 cm³/mol. The van der Waals surface area contributed by atoms with Crippen LogP contribution < -0.4 is 29.6 Å². The average Bonchev–Trinajstić information content (AvgIpc) is 1.39. The van der Waals surface area contributed by atoms with Crippen molar-refractivity contribution in [2.75, 3.05) is 0 Å². The van der Waals surface area contributed by atoms with Gasteiger partial charge in [-0.25, -0.2) is 0 Å². The van der Waals surface area contributed by atoms with E-state index in [1.165, 1.54) is 0 Å². The number of hydrogen-bond donors (Lipinski definition) is 0. The zero-order chi connectivity index (χ0) is 5.41. The van der Waals surface area contributed by atoms with E-state index in [0.29, 0.717) is 12.2 Å². The molecule has 7 heavy (non-hydrogen) atoms. The fraction of sp³-hybridized carbons (Fsp3) is 0. The molecule has 0 heterocycles. The molecule has 0 aromatic rings. The molecule has 0 amide bonds. The number of carbonyl (C=O) groups excluding carboxylic acids is 2. The molecular weight excluding hydrogens is 107 g/mol. The van der Waals surface area contributed by atoms with Gasteiger partial charge in [-0.2, -0.15) is 0 Å². The summed E-state index contributed by atoms with van der Waals surface area (Å²) in [4.78, 5) is 16.5. The van der Waals surface area contributed by atoms with Crippen LogP contribution in [0.2, 0.25) is 0 Å². The van der Waals surface area contributed by atoms with Gasteiger partial charge in [-0.15, -0.1) is 0 Å². The quantitative estimate of drug-likeness (QED) is 0.187. The SMILES string of the molecule is [H+].[N-]=C=O.[N-]=C=O.[Na+]. The van der Waals surface area contributed by atoms with Crippen LogP contribution in [0.25, 0.3) is 10.8 Å². The molecule has 0 bridgehead atoms. The van der Waals surface area contributed by atoms with Crippen molar-refractivity contribution in [1.29, 1.82) is 0 Å². The van der Waals surface area contributed by atoms with Gasteiger partial charge in [0, 0.05) is 0 Å². The summed E-state index contributed by atoms with van der Waals surface area (Å²) in [7, 11) is 0. The van der Waals surface area contributed by atoms with Gasteiger partial charge in [0.15, 0.2) is 0 Å². The Balaban J connectivity index is -0.0000000160. The number of nitrogens with zero attached hydrogens (tertiary/aromatic N) is 2. The van der Waals surface area contributed by atoms with Crippen molar-refractivity contribution in [2.24, 2.45) is 0 Å². The molecule has 5 heteroatoms. The van der Waals surface area contributed by atoms with Crippen LogP contribution >= 0.6 is 0 Å². The molecule has 32 valence electrons. The Labute approximate surface area is 63.7 Å². The van der Waals surface area contributed by atoms with Crippen LogP contribution in [0.4, 0.5) is 0 Å². The van der Waals surface area contributed by atoms with Crippen LogP contribution in [0.5, 0.6) is 0 Å². The van der Waals surface area contributed by atoms with Crippen LogP contribution in [0.1, 0.15) is 1.43 Å². The van der Waals surface area contributed by atoms with Crippen LogP contribution in [0.3, 0.4) is 0 Å². The smallest absolute Gasteiger partial charge is 0.724 e. The van der Waals surface area contributed by atoms with Crippen molar-refractivity contribution in [3.8, 4) is 0 Å². The molecule has 0 aliphatic heterocycles. The van der Waals surface area contributed by atoms with E-state index in [1.54, 1.807) is 0 Å². The zero-order valence-corrected chi connectivity index (χ0v) is 5.71. The maximum Gasteiger partial charge on any atom is 1.00 e. The van der Waals surface area contributed by atoms with Gasteiger partial charge < -0.3 is 10.8 Å². The first-order valence-electron chi connectivity index (χ1n) is 0.855. The van der Waals surface area contributed by atoms with Gasteiger partial charge in [0.2, 0.25) is 0 Å². The minimum Gasteiger partial charge on any atom is -0.724 e. The largest absolute Gasteiger partial charge is 1.00 e. The standard InChI is InChI=1S/2CNO.Na/c2*2-1-3;/q2*-1;+1/p+1. The Morgan fingerprint density at radius 3 is 1.14 bits per heavy atom. The van der Waals surface area contributed by atoms with Gasteiger partial charge in [0.05, 0.1) is 0 Å². The molecule has 0 fully saturated rings. The molecule has 0 aromatic heterocycles.